The number of carbonyl (C=O) groups is 3. The van der Waals surface area contributed by atoms with E-state index in [-0.39, 0.29) is 6.29 Å². The first-order valence-electron chi connectivity index (χ1n) is 9.80. The Labute approximate surface area is 153 Å². The van der Waals surface area contributed by atoms with Gasteiger partial charge in [0.05, 0.1) is 0 Å². The number of unbranched alkanes of at least 4 members (excludes halogenated alkanes) is 11. The Hall–Kier alpha value is -1.39. The number of hydrogen-bond donors (Lipinski definition) is 2. The van der Waals surface area contributed by atoms with Crippen molar-refractivity contribution in [2.24, 2.45) is 5.92 Å². The number of carbonyl (C=O) groups excluding carboxylic acids is 1. The summed E-state index contributed by atoms with van der Waals surface area (Å²) >= 11 is 0. The maximum absolute atomic E-state index is 10.3. The summed E-state index contributed by atoms with van der Waals surface area (Å²) in [6, 6.07) is 0. The normalized spacial score (nSPS) is 10.2. The van der Waals surface area contributed by atoms with Gasteiger partial charge in [0.25, 0.3) is 0 Å². The van der Waals surface area contributed by atoms with E-state index in [0.29, 0.717) is 6.42 Å². The first-order chi connectivity index (χ1) is 11.9. The summed E-state index contributed by atoms with van der Waals surface area (Å²) in [4.78, 5) is 28.2. The summed E-state index contributed by atoms with van der Waals surface area (Å²) in [5.74, 6) is -1.21. The molecular formula is C20H38O5. The first kappa shape index (κ1) is 25.8. The molecule has 25 heavy (non-hydrogen) atoms. The summed E-state index contributed by atoms with van der Waals surface area (Å²) < 4.78 is 0. The maximum Gasteiger partial charge on any atom is 0.368 e. The molecule has 2 N–H and O–H groups in total. The molecule has 0 unspecified atom stereocenters. The summed E-state index contributed by atoms with van der Waals surface area (Å²) in [5.41, 5.74) is 0. The average Bonchev–Trinajstić information content (AvgIpc) is 2.55. The fourth-order valence-electron chi connectivity index (χ4n) is 2.60. The van der Waals surface area contributed by atoms with Gasteiger partial charge in [0.2, 0.25) is 6.29 Å². The highest BCUT2D eigenvalue weighted by Gasteiger charge is 1.97. The van der Waals surface area contributed by atoms with E-state index in [9.17, 15) is 4.79 Å². The van der Waals surface area contributed by atoms with Crippen molar-refractivity contribution in [2.45, 2.75) is 104 Å². The van der Waals surface area contributed by atoms with Gasteiger partial charge in [-0.1, -0.05) is 90.9 Å². The molecule has 0 aliphatic carbocycles. The molecule has 5 nitrogen and oxygen atoms in total. The standard InChI is InChI=1S/C18H36O2.C2H2O3/c1-17(2)15-13-11-9-7-5-3-4-6-8-10-12-14-16-18(19)20;3-1-2(4)5/h17H,3-16H2,1-2H3,(H,19,20);1H,(H,4,5). The van der Waals surface area contributed by atoms with Crippen LogP contribution in [0.15, 0.2) is 0 Å². The molecule has 0 atom stereocenters. The molecule has 0 saturated carbocycles. The zero-order chi connectivity index (χ0) is 19.3. The maximum atomic E-state index is 10.3. The Balaban J connectivity index is 0. The third-order valence-electron chi connectivity index (χ3n) is 4.02. The Morgan fingerprint density at radius 3 is 1.32 bits per heavy atom. The predicted octanol–water partition coefficient (Wildman–Crippen LogP) is 5.46. The van der Waals surface area contributed by atoms with Crippen LogP contribution in [0.2, 0.25) is 0 Å². The van der Waals surface area contributed by atoms with Crippen molar-refractivity contribution < 1.29 is 24.6 Å². The number of carboxylic acids is 2. The highest BCUT2D eigenvalue weighted by molar-refractivity contribution is 6.19. The summed E-state index contributed by atoms with van der Waals surface area (Å²) in [6.07, 6.45) is 17.2. The lowest BCUT2D eigenvalue weighted by molar-refractivity contribution is -0.143. The van der Waals surface area contributed by atoms with E-state index in [2.05, 4.69) is 13.8 Å². The number of hydrogen-bond acceptors (Lipinski definition) is 3. The van der Waals surface area contributed by atoms with Gasteiger partial charge in [0.1, 0.15) is 0 Å². The second-order valence-corrected chi connectivity index (χ2v) is 7.02. The fourth-order valence-corrected chi connectivity index (χ4v) is 2.60. The molecule has 148 valence electrons. The van der Waals surface area contributed by atoms with E-state index in [4.69, 9.17) is 19.8 Å². The minimum absolute atomic E-state index is 0.167. The molecule has 0 aliphatic heterocycles. The van der Waals surface area contributed by atoms with Crippen LogP contribution in [0.3, 0.4) is 0 Å². The topological polar surface area (TPSA) is 91.7 Å². The summed E-state index contributed by atoms with van der Waals surface area (Å²) in [7, 11) is 0. The van der Waals surface area contributed by atoms with Crippen LogP contribution in [0.5, 0.6) is 0 Å². The molecule has 0 aromatic rings. The fraction of sp³-hybridized carbons (Fsp3) is 0.850. The van der Waals surface area contributed by atoms with E-state index in [1.165, 1.54) is 70.6 Å². The molecule has 0 saturated heterocycles. The molecule has 0 aromatic carbocycles. The highest BCUT2D eigenvalue weighted by Crippen LogP contribution is 2.14. The number of rotatable bonds is 16. The Morgan fingerprint density at radius 1 is 0.720 bits per heavy atom. The summed E-state index contributed by atoms with van der Waals surface area (Å²) in [6.45, 7) is 4.61. The van der Waals surface area contributed by atoms with Gasteiger partial charge in [0, 0.05) is 6.42 Å². The van der Waals surface area contributed by atoms with Crippen LogP contribution in [-0.4, -0.2) is 28.4 Å². The van der Waals surface area contributed by atoms with Crippen molar-refractivity contribution in [2.75, 3.05) is 0 Å². The Morgan fingerprint density at radius 2 is 1.04 bits per heavy atom. The van der Waals surface area contributed by atoms with E-state index in [0.717, 1.165) is 18.8 Å². The second kappa shape index (κ2) is 20.7. The van der Waals surface area contributed by atoms with Crippen LogP contribution in [0, 0.1) is 5.92 Å². The minimum Gasteiger partial charge on any atom is -0.481 e. The molecule has 0 aliphatic rings. The molecule has 0 amide bonds. The van der Waals surface area contributed by atoms with Gasteiger partial charge < -0.3 is 10.2 Å². The lowest BCUT2D eigenvalue weighted by Gasteiger charge is -2.04. The van der Waals surface area contributed by atoms with Gasteiger partial charge in [0.15, 0.2) is 0 Å². The zero-order valence-electron chi connectivity index (χ0n) is 16.2. The molecule has 0 spiro atoms. The molecular weight excluding hydrogens is 320 g/mol. The first-order valence-corrected chi connectivity index (χ1v) is 9.80. The third kappa shape index (κ3) is 31.0. The lowest BCUT2D eigenvalue weighted by Crippen LogP contribution is -1.93. The summed E-state index contributed by atoms with van der Waals surface area (Å²) in [5, 5.41) is 15.9. The van der Waals surface area contributed by atoms with Gasteiger partial charge >= 0.3 is 11.9 Å². The minimum atomic E-state index is -1.43. The van der Waals surface area contributed by atoms with Gasteiger partial charge in [-0.15, -0.1) is 0 Å². The van der Waals surface area contributed by atoms with Gasteiger partial charge in [-0.05, 0) is 12.3 Å². The van der Waals surface area contributed by atoms with Gasteiger partial charge in [-0.3, -0.25) is 9.59 Å². The van der Waals surface area contributed by atoms with Gasteiger partial charge in [-0.2, -0.15) is 0 Å². The van der Waals surface area contributed by atoms with Crippen LogP contribution < -0.4 is 0 Å². The van der Waals surface area contributed by atoms with Crippen LogP contribution in [0.1, 0.15) is 104 Å². The van der Waals surface area contributed by atoms with Crippen LogP contribution in [-0.2, 0) is 14.4 Å². The van der Waals surface area contributed by atoms with E-state index >= 15 is 0 Å². The molecule has 0 bridgehead atoms. The number of aldehydes is 1. The van der Waals surface area contributed by atoms with E-state index in [1.54, 1.807) is 0 Å². The quantitative estimate of drug-likeness (QED) is 0.217. The lowest BCUT2D eigenvalue weighted by atomic mass is 10.0. The van der Waals surface area contributed by atoms with Crippen molar-refractivity contribution in [3.63, 3.8) is 0 Å². The number of aliphatic carboxylic acids is 2. The van der Waals surface area contributed by atoms with Crippen molar-refractivity contribution in [3.8, 4) is 0 Å². The Bertz CT molecular complexity index is 326. The molecule has 0 fully saturated rings. The predicted molar refractivity (Wildman–Crippen MR) is 101 cm³/mol. The SMILES string of the molecule is CC(C)CCCCCCCCCCCCCCC(=O)O.O=CC(=O)O. The second-order valence-electron chi connectivity index (χ2n) is 7.02. The van der Waals surface area contributed by atoms with Crippen LogP contribution >= 0.6 is 0 Å². The molecule has 0 aromatic heterocycles. The van der Waals surface area contributed by atoms with Crippen LogP contribution in [0.4, 0.5) is 0 Å². The smallest absolute Gasteiger partial charge is 0.368 e. The van der Waals surface area contributed by atoms with Gasteiger partial charge in [-0.25, -0.2) is 4.79 Å². The third-order valence-corrected chi connectivity index (χ3v) is 4.02. The monoisotopic (exact) mass is 358 g/mol. The average molecular weight is 359 g/mol. The highest BCUT2D eigenvalue weighted by atomic mass is 16.4. The van der Waals surface area contributed by atoms with Crippen molar-refractivity contribution in [1.29, 1.82) is 0 Å². The van der Waals surface area contributed by atoms with Crippen molar-refractivity contribution in [1.82, 2.24) is 0 Å². The van der Waals surface area contributed by atoms with Crippen LogP contribution in [0.25, 0.3) is 0 Å². The Kier molecular flexibility index (Phi) is 21.4. The zero-order valence-corrected chi connectivity index (χ0v) is 16.2. The molecule has 0 radical (unpaired) electrons. The number of carboxylic acid groups (broad SMARTS) is 2. The molecule has 5 heteroatoms. The largest absolute Gasteiger partial charge is 0.481 e. The van der Waals surface area contributed by atoms with E-state index < -0.39 is 11.9 Å². The molecule has 0 heterocycles. The van der Waals surface area contributed by atoms with Crippen molar-refractivity contribution >= 4 is 18.2 Å². The van der Waals surface area contributed by atoms with Crippen molar-refractivity contribution in [3.05, 3.63) is 0 Å². The molecule has 0 rings (SSSR count). The van der Waals surface area contributed by atoms with E-state index in [1.807, 2.05) is 0 Å².